The van der Waals surface area contributed by atoms with Crippen molar-refractivity contribution in [3.63, 3.8) is 0 Å². The Balaban J connectivity index is 2.28. The monoisotopic (exact) mass is 235 g/mol. The fourth-order valence-corrected chi connectivity index (χ4v) is 1.95. The second-order valence-electron chi connectivity index (χ2n) is 3.90. The summed E-state index contributed by atoms with van der Waals surface area (Å²) in [5.41, 5.74) is 1.56. The van der Waals surface area contributed by atoms with Crippen molar-refractivity contribution in [1.82, 2.24) is 5.32 Å². The van der Waals surface area contributed by atoms with Gasteiger partial charge in [0.05, 0.1) is 11.3 Å². The minimum absolute atomic E-state index is 0.00394. The van der Waals surface area contributed by atoms with Crippen LogP contribution in [0.15, 0.2) is 18.2 Å². The van der Waals surface area contributed by atoms with Crippen molar-refractivity contribution >= 4 is 17.3 Å². The standard InChI is InChI=1S/C11H13N3O3/c1-12-4-5-13-10-3-2-9(14(16)17)6-8(10)7-11(13)15/h2-3,6,12H,4-5,7H2,1H3. The number of carbonyl (C=O) groups is 1. The van der Waals surface area contributed by atoms with E-state index < -0.39 is 4.92 Å². The van der Waals surface area contributed by atoms with Crippen molar-refractivity contribution in [1.29, 1.82) is 0 Å². The van der Waals surface area contributed by atoms with Crippen LogP contribution >= 0.6 is 0 Å². The molecule has 0 aliphatic carbocycles. The lowest BCUT2D eigenvalue weighted by atomic mass is 10.1. The van der Waals surface area contributed by atoms with Gasteiger partial charge in [0.2, 0.25) is 5.91 Å². The number of benzene rings is 1. The highest BCUT2D eigenvalue weighted by Crippen LogP contribution is 2.31. The number of nitro groups is 1. The zero-order chi connectivity index (χ0) is 12.4. The smallest absolute Gasteiger partial charge is 0.269 e. The Hall–Kier alpha value is -1.95. The number of hydrogen-bond donors (Lipinski definition) is 1. The molecule has 6 nitrogen and oxygen atoms in total. The molecule has 1 N–H and O–H groups in total. The maximum atomic E-state index is 11.7. The third-order valence-electron chi connectivity index (χ3n) is 2.79. The van der Waals surface area contributed by atoms with Crippen molar-refractivity contribution in [3.8, 4) is 0 Å². The Morgan fingerprint density at radius 3 is 2.94 bits per heavy atom. The van der Waals surface area contributed by atoms with Gasteiger partial charge in [-0.05, 0) is 18.7 Å². The molecule has 1 aliphatic heterocycles. The number of fused-ring (bicyclic) bond motifs is 1. The molecule has 0 fully saturated rings. The van der Waals surface area contributed by atoms with Crippen LogP contribution in [0.2, 0.25) is 0 Å². The predicted octanol–water partition coefficient (Wildman–Crippen LogP) is 0.703. The molecule has 17 heavy (non-hydrogen) atoms. The molecule has 2 rings (SSSR count). The van der Waals surface area contributed by atoms with Gasteiger partial charge in [-0.2, -0.15) is 0 Å². The maximum absolute atomic E-state index is 11.7. The van der Waals surface area contributed by atoms with Gasteiger partial charge in [0.15, 0.2) is 0 Å². The normalized spacial score (nSPS) is 13.9. The summed E-state index contributed by atoms with van der Waals surface area (Å²) in [5.74, 6) is -0.00394. The third-order valence-corrected chi connectivity index (χ3v) is 2.79. The summed E-state index contributed by atoms with van der Waals surface area (Å²) < 4.78 is 0. The highest BCUT2D eigenvalue weighted by Gasteiger charge is 2.28. The van der Waals surface area contributed by atoms with Crippen molar-refractivity contribution in [2.75, 3.05) is 25.0 Å². The Bertz CT molecular complexity index is 473. The Morgan fingerprint density at radius 1 is 1.53 bits per heavy atom. The number of likely N-dealkylation sites (N-methyl/N-ethyl adjacent to an activating group) is 1. The minimum Gasteiger partial charge on any atom is -0.318 e. The number of rotatable bonds is 4. The lowest BCUT2D eigenvalue weighted by Crippen LogP contribution is -2.33. The molecule has 0 atom stereocenters. The summed E-state index contributed by atoms with van der Waals surface area (Å²) in [6.45, 7) is 1.28. The first-order chi connectivity index (χ1) is 8.13. The van der Waals surface area contributed by atoms with Crippen LogP contribution < -0.4 is 10.2 Å². The number of nitrogens with one attached hydrogen (secondary N) is 1. The van der Waals surface area contributed by atoms with Crippen LogP contribution in [0.5, 0.6) is 0 Å². The Labute approximate surface area is 98.4 Å². The van der Waals surface area contributed by atoms with E-state index in [4.69, 9.17) is 0 Å². The van der Waals surface area contributed by atoms with Gasteiger partial charge in [-0.3, -0.25) is 14.9 Å². The fraction of sp³-hybridized carbons (Fsp3) is 0.364. The highest BCUT2D eigenvalue weighted by molar-refractivity contribution is 6.01. The quantitative estimate of drug-likeness (QED) is 0.615. The second kappa shape index (κ2) is 4.50. The van der Waals surface area contributed by atoms with E-state index in [1.54, 1.807) is 11.0 Å². The summed E-state index contributed by atoms with van der Waals surface area (Å²) >= 11 is 0. The molecule has 0 bridgehead atoms. The summed E-state index contributed by atoms with van der Waals surface area (Å²) in [6.07, 6.45) is 0.251. The van der Waals surface area contributed by atoms with Crippen molar-refractivity contribution in [2.45, 2.75) is 6.42 Å². The molecular formula is C11H13N3O3. The number of anilines is 1. The SMILES string of the molecule is CNCCN1C(=O)Cc2cc([N+](=O)[O-])ccc21. The molecule has 1 aromatic rings. The van der Waals surface area contributed by atoms with Gasteiger partial charge in [0.1, 0.15) is 0 Å². The highest BCUT2D eigenvalue weighted by atomic mass is 16.6. The van der Waals surface area contributed by atoms with Crippen molar-refractivity contribution in [3.05, 3.63) is 33.9 Å². The van der Waals surface area contributed by atoms with Gasteiger partial charge in [-0.15, -0.1) is 0 Å². The number of nitrogens with zero attached hydrogens (tertiary/aromatic N) is 2. The first-order valence-corrected chi connectivity index (χ1v) is 5.36. The Kier molecular flexibility index (Phi) is 3.06. The fourth-order valence-electron chi connectivity index (χ4n) is 1.95. The van der Waals surface area contributed by atoms with Gasteiger partial charge in [0.25, 0.3) is 5.69 Å². The molecule has 0 radical (unpaired) electrons. The molecule has 6 heteroatoms. The average Bonchev–Trinajstić information content (AvgIpc) is 2.61. The van der Waals surface area contributed by atoms with E-state index in [1.807, 2.05) is 7.05 Å². The van der Waals surface area contributed by atoms with E-state index in [-0.39, 0.29) is 18.0 Å². The van der Waals surface area contributed by atoms with E-state index in [0.29, 0.717) is 13.1 Å². The number of hydrogen-bond acceptors (Lipinski definition) is 4. The van der Waals surface area contributed by atoms with Crippen molar-refractivity contribution < 1.29 is 9.72 Å². The minimum atomic E-state index is -0.443. The second-order valence-corrected chi connectivity index (χ2v) is 3.90. The van der Waals surface area contributed by atoms with E-state index in [9.17, 15) is 14.9 Å². The number of non-ortho nitro benzene ring substituents is 1. The molecule has 1 aromatic carbocycles. The number of carbonyl (C=O) groups excluding carboxylic acids is 1. The van der Waals surface area contributed by atoms with Gasteiger partial charge >= 0.3 is 0 Å². The van der Waals surface area contributed by atoms with Crippen LogP contribution in [0.3, 0.4) is 0 Å². The number of amides is 1. The first-order valence-electron chi connectivity index (χ1n) is 5.36. The summed E-state index contributed by atoms with van der Waals surface area (Å²) in [6, 6.07) is 4.56. The van der Waals surface area contributed by atoms with Crippen LogP contribution in [-0.2, 0) is 11.2 Å². The number of nitro benzene ring substituents is 1. The summed E-state index contributed by atoms with van der Waals surface area (Å²) in [7, 11) is 1.82. The van der Waals surface area contributed by atoms with Gasteiger partial charge in [-0.1, -0.05) is 0 Å². The molecule has 0 unspecified atom stereocenters. The summed E-state index contributed by atoms with van der Waals surface area (Å²) in [5, 5.41) is 13.6. The predicted molar refractivity (Wildman–Crippen MR) is 63.1 cm³/mol. The molecule has 0 aromatic heterocycles. The third kappa shape index (κ3) is 2.12. The van der Waals surface area contributed by atoms with E-state index >= 15 is 0 Å². The van der Waals surface area contributed by atoms with Crippen LogP contribution in [-0.4, -0.2) is 31.0 Å². The molecule has 1 amide bonds. The van der Waals surface area contributed by atoms with Gasteiger partial charge < -0.3 is 10.2 Å². The zero-order valence-electron chi connectivity index (χ0n) is 9.47. The van der Waals surface area contributed by atoms with Gasteiger partial charge in [-0.25, -0.2) is 0 Å². The lowest BCUT2D eigenvalue weighted by molar-refractivity contribution is -0.384. The summed E-state index contributed by atoms with van der Waals surface area (Å²) in [4.78, 5) is 23.6. The maximum Gasteiger partial charge on any atom is 0.269 e. The molecule has 1 aliphatic rings. The largest absolute Gasteiger partial charge is 0.318 e. The zero-order valence-corrected chi connectivity index (χ0v) is 9.47. The van der Waals surface area contributed by atoms with E-state index in [0.717, 1.165) is 11.3 Å². The average molecular weight is 235 g/mol. The van der Waals surface area contributed by atoms with Gasteiger partial charge in [0, 0.05) is 30.9 Å². The van der Waals surface area contributed by atoms with E-state index in [1.165, 1.54) is 12.1 Å². The molecule has 0 saturated carbocycles. The Morgan fingerprint density at radius 2 is 2.29 bits per heavy atom. The molecule has 0 saturated heterocycles. The van der Waals surface area contributed by atoms with Crippen LogP contribution in [0, 0.1) is 10.1 Å². The van der Waals surface area contributed by atoms with Crippen LogP contribution in [0.1, 0.15) is 5.56 Å². The first kappa shape index (κ1) is 11.5. The topological polar surface area (TPSA) is 75.5 Å². The molecule has 90 valence electrons. The lowest BCUT2D eigenvalue weighted by Gasteiger charge is -2.16. The molecule has 0 spiro atoms. The molecular weight excluding hydrogens is 222 g/mol. The molecule has 1 heterocycles. The van der Waals surface area contributed by atoms with Crippen LogP contribution in [0.25, 0.3) is 0 Å². The van der Waals surface area contributed by atoms with Crippen LogP contribution in [0.4, 0.5) is 11.4 Å². The van der Waals surface area contributed by atoms with Crippen molar-refractivity contribution in [2.24, 2.45) is 0 Å². The van der Waals surface area contributed by atoms with E-state index in [2.05, 4.69) is 5.32 Å².